The molecule has 6 nitrogen and oxygen atoms in total. The molecule has 1 aromatic heterocycles. The van der Waals surface area contributed by atoms with Gasteiger partial charge in [0, 0.05) is 30.0 Å². The first kappa shape index (κ1) is 18.6. The highest BCUT2D eigenvalue weighted by molar-refractivity contribution is 8.09. The van der Waals surface area contributed by atoms with Crippen LogP contribution in [0.25, 0.3) is 4.91 Å². The van der Waals surface area contributed by atoms with Crippen molar-refractivity contribution in [2.45, 2.75) is 24.2 Å². The molecule has 1 unspecified atom stereocenters. The molecule has 0 aliphatic carbocycles. The van der Waals surface area contributed by atoms with Crippen molar-refractivity contribution in [2.24, 2.45) is 0 Å². The zero-order valence-corrected chi connectivity index (χ0v) is 16.2. The zero-order chi connectivity index (χ0) is 18.9. The molecule has 2 heterocycles. The maximum absolute atomic E-state index is 12.6. The summed E-state index contributed by atoms with van der Waals surface area (Å²) in [5.74, 6) is -0.416. The number of thioether (sulfide) groups is 1. The molecule has 1 aliphatic rings. The van der Waals surface area contributed by atoms with Gasteiger partial charge in [-0.1, -0.05) is 29.5 Å². The summed E-state index contributed by atoms with van der Waals surface area (Å²) >= 11 is 1.09. The van der Waals surface area contributed by atoms with Gasteiger partial charge in [0.1, 0.15) is 0 Å². The molecule has 0 saturated carbocycles. The fourth-order valence-corrected chi connectivity index (χ4v) is 4.85. The molecule has 0 N–H and O–H groups in total. The molecule has 8 heteroatoms. The highest BCUT2D eigenvalue weighted by atomic mass is 32.2. The molecule has 1 aromatic carbocycles. The van der Waals surface area contributed by atoms with E-state index in [9.17, 15) is 13.2 Å². The Bertz CT molecular complexity index is 954. The van der Waals surface area contributed by atoms with Crippen LogP contribution in [0.15, 0.2) is 59.4 Å². The lowest BCUT2D eigenvalue weighted by Crippen LogP contribution is -2.39. The van der Waals surface area contributed by atoms with Crippen molar-refractivity contribution < 1.29 is 17.4 Å². The van der Waals surface area contributed by atoms with Gasteiger partial charge in [0.25, 0.3) is 16.0 Å². The predicted octanol–water partition coefficient (Wildman–Crippen LogP) is 3.02. The Balaban J connectivity index is 1.91. The lowest BCUT2D eigenvalue weighted by Gasteiger charge is -2.31. The van der Waals surface area contributed by atoms with Crippen LogP contribution in [0.2, 0.25) is 0 Å². The minimum Gasteiger partial charge on any atom is -0.315 e. The lowest BCUT2D eigenvalue weighted by atomic mass is 10.2. The van der Waals surface area contributed by atoms with Crippen LogP contribution in [0.4, 0.5) is 0 Å². The van der Waals surface area contributed by atoms with Gasteiger partial charge in [-0.05, 0) is 43.7 Å². The Morgan fingerprint density at radius 2 is 1.69 bits per heavy atom. The molecule has 136 valence electrons. The number of carbonyl (C=O) groups is 1. The molecular weight excluding hydrogens is 372 g/mol. The molecule has 1 atom stereocenters. The molecular formula is C18H18N2O4S2. The Kier molecular flexibility index (Phi) is 5.17. The summed E-state index contributed by atoms with van der Waals surface area (Å²) in [4.78, 5) is 18.7. The van der Waals surface area contributed by atoms with Crippen molar-refractivity contribution in [3.8, 4) is 0 Å². The van der Waals surface area contributed by atoms with E-state index >= 15 is 0 Å². The second kappa shape index (κ2) is 7.22. The van der Waals surface area contributed by atoms with Crippen molar-refractivity contribution in [2.75, 3.05) is 7.05 Å². The van der Waals surface area contributed by atoms with Crippen molar-refractivity contribution in [3.05, 3.63) is 65.6 Å². The van der Waals surface area contributed by atoms with E-state index in [0.717, 1.165) is 33.5 Å². The van der Waals surface area contributed by atoms with E-state index in [-0.39, 0.29) is 4.90 Å². The summed E-state index contributed by atoms with van der Waals surface area (Å²) < 4.78 is 30.4. The van der Waals surface area contributed by atoms with E-state index in [1.807, 2.05) is 13.8 Å². The zero-order valence-electron chi connectivity index (χ0n) is 14.5. The van der Waals surface area contributed by atoms with Crippen LogP contribution in [0.5, 0.6) is 0 Å². The van der Waals surface area contributed by atoms with Gasteiger partial charge >= 0.3 is 0 Å². The summed E-state index contributed by atoms with van der Waals surface area (Å²) in [6, 6.07) is 9.92. The molecule has 1 amide bonds. The fraction of sp³-hybridized carbons (Fsp3) is 0.222. The van der Waals surface area contributed by atoms with Crippen molar-refractivity contribution >= 4 is 32.7 Å². The number of nitrogens with zero attached hydrogens (tertiary/aromatic N) is 2. The Morgan fingerprint density at radius 1 is 1.08 bits per heavy atom. The third-order valence-corrected chi connectivity index (χ3v) is 6.75. The third-order valence-electron chi connectivity index (χ3n) is 4.06. The van der Waals surface area contributed by atoms with Crippen LogP contribution in [-0.2, 0) is 19.1 Å². The standard InChI is InChI=1S/C18H18N2O4S2/c1-12-4-6-15(7-5-12)26(22,23)24-18-17(21)20(3)13(2)16(25-18)14-8-10-19-11-9-14/h4-11,18H,1-3H3. The highest BCUT2D eigenvalue weighted by Crippen LogP contribution is 2.41. The summed E-state index contributed by atoms with van der Waals surface area (Å²) in [6.07, 6.45) is 3.29. The Morgan fingerprint density at radius 3 is 2.31 bits per heavy atom. The largest absolute Gasteiger partial charge is 0.315 e. The summed E-state index contributed by atoms with van der Waals surface area (Å²) in [5.41, 5.74) is 1.34. The van der Waals surface area contributed by atoms with E-state index in [1.54, 1.807) is 43.7 Å². The number of rotatable bonds is 4. The molecule has 26 heavy (non-hydrogen) atoms. The monoisotopic (exact) mass is 390 g/mol. The predicted molar refractivity (Wildman–Crippen MR) is 100 cm³/mol. The first-order valence-corrected chi connectivity index (χ1v) is 10.1. The number of likely N-dealkylation sites (N-methyl/N-ethyl adjacent to an activating group) is 1. The van der Waals surface area contributed by atoms with Crippen molar-refractivity contribution in [1.29, 1.82) is 0 Å². The minimum atomic E-state index is -4.06. The SMILES string of the molecule is CC1=C(c2ccncc2)SC(OS(=O)(=O)c2ccc(C)cc2)C(=O)N1C. The topological polar surface area (TPSA) is 76.6 Å². The molecule has 0 spiro atoms. The molecule has 3 rings (SSSR count). The quantitative estimate of drug-likeness (QED) is 0.747. The molecule has 0 radical (unpaired) electrons. The van der Waals surface area contributed by atoms with Crippen LogP contribution in [0.1, 0.15) is 18.1 Å². The number of aromatic nitrogens is 1. The summed E-state index contributed by atoms with van der Waals surface area (Å²) in [5, 5.41) is 0. The van der Waals surface area contributed by atoms with Gasteiger partial charge < -0.3 is 4.90 Å². The maximum atomic E-state index is 12.6. The molecule has 0 bridgehead atoms. The van der Waals surface area contributed by atoms with Gasteiger partial charge in [-0.2, -0.15) is 8.42 Å². The smallest absolute Gasteiger partial charge is 0.298 e. The number of allylic oxidation sites excluding steroid dienone is 1. The maximum Gasteiger partial charge on any atom is 0.298 e. The van der Waals surface area contributed by atoms with Gasteiger partial charge in [-0.15, -0.1) is 0 Å². The van der Waals surface area contributed by atoms with Crippen LogP contribution in [0, 0.1) is 6.92 Å². The van der Waals surface area contributed by atoms with Crippen LogP contribution in [-0.4, -0.2) is 36.7 Å². The van der Waals surface area contributed by atoms with Crippen molar-refractivity contribution in [3.63, 3.8) is 0 Å². The molecule has 2 aromatic rings. The normalized spacial score (nSPS) is 18.3. The van der Waals surface area contributed by atoms with Gasteiger partial charge in [0.05, 0.1) is 4.90 Å². The number of benzene rings is 1. The van der Waals surface area contributed by atoms with Crippen LogP contribution >= 0.6 is 11.8 Å². The van der Waals surface area contributed by atoms with E-state index in [1.165, 1.54) is 17.0 Å². The van der Waals surface area contributed by atoms with Crippen LogP contribution < -0.4 is 0 Å². The molecule has 1 aliphatic heterocycles. The van der Waals surface area contributed by atoms with Gasteiger partial charge in [-0.25, -0.2) is 4.18 Å². The van der Waals surface area contributed by atoms with Gasteiger partial charge in [-0.3, -0.25) is 9.78 Å². The van der Waals surface area contributed by atoms with E-state index < -0.39 is 21.5 Å². The summed E-state index contributed by atoms with van der Waals surface area (Å²) in [7, 11) is -2.45. The Labute approximate surface area is 157 Å². The van der Waals surface area contributed by atoms with Crippen LogP contribution in [0.3, 0.4) is 0 Å². The molecule has 0 fully saturated rings. The lowest BCUT2D eigenvalue weighted by molar-refractivity contribution is -0.131. The third kappa shape index (κ3) is 3.67. The van der Waals surface area contributed by atoms with E-state index in [2.05, 4.69) is 4.98 Å². The first-order valence-electron chi connectivity index (χ1n) is 7.85. The Hall–Kier alpha value is -2.16. The highest BCUT2D eigenvalue weighted by Gasteiger charge is 2.36. The second-order valence-corrected chi connectivity index (χ2v) is 8.51. The van der Waals surface area contributed by atoms with E-state index in [0.29, 0.717) is 0 Å². The fourth-order valence-electron chi connectivity index (χ4n) is 2.44. The average molecular weight is 390 g/mol. The average Bonchev–Trinajstić information content (AvgIpc) is 2.63. The van der Waals surface area contributed by atoms with Gasteiger partial charge in [0.15, 0.2) is 0 Å². The minimum absolute atomic E-state index is 0.0240. The number of amides is 1. The van der Waals surface area contributed by atoms with E-state index in [4.69, 9.17) is 4.18 Å². The number of carbonyl (C=O) groups excluding carboxylic acids is 1. The van der Waals surface area contributed by atoms with Crippen molar-refractivity contribution in [1.82, 2.24) is 9.88 Å². The number of hydrogen-bond donors (Lipinski definition) is 0. The number of aryl methyl sites for hydroxylation is 1. The summed E-state index contributed by atoms with van der Waals surface area (Å²) in [6.45, 7) is 3.67. The first-order chi connectivity index (χ1) is 12.3. The number of pyridine rings is 1. The van der Waals surface area contributed by atoms with Gasteiger partial charge in [0.2, 0.25) is 5.44 Å². The second-order valence-electron chi connectivity index (χ2n) is 5.86. The molecule has 0 saturated heterocycles. The number of hydrogen-bond acceptors (Lipinski definition) is 6.